The van der Waals surface area contributed by atoms with E-state index in [-0.39, 0.29) is 0 Å². The Balaban J connectivity index is 2.04. The van der Waals surface area contributed by atoms with E-state index in [4.69, 9.17) is 11.6 Å². The van der Waals surface area contributed by atoms with E-state index < -0.39 is 0 Å². The maximum absolute atomic E-state index is 5.86. The third-order valence-electron chi connectivity index (χ3n) is 2.42. The van der Waals surface area contributed by atoms with Crippen LogP contribution in [0.4, 0.5) is 0 Å². The van der Waals surface area contributed by atoms with E-state index in [2.05, 4.69) is 22.0 Å². The van der Waals surface area contributed by atoms with Crippen molar-refractivity contribution < 1.29 is 0 Å². The summed E-state index contributed by atoms with van der Waals surface area (Å²) in [7, 11) is 0. The smallest absolute Gasteiger partial charge is 0.0931 e. The van der Waals surface area contributed by atoms with Crippen LogP contribution in [-0.4, -0.2) is 5.33 Å². The van der Waals surface area contributed by atoms with E-state index >= 15 is 0 Å². The van der Waals surface area contributed by atoms with Gasteiger partial charge in [0.15, 0.2) is 0 Å². The quantitative estimate of drug-likeness (QED) is 0.721. The molecule has 1 saturated carbocycles. The number of rotatable bonds is 3. The predicted octanol–water partition coefficient (Wildman–Crippen LogP) is 4.12. The van der Waals surface area contributed by atoms with Gasteiger partial charge in [-0.25, -0.2) is 0 Å². The molecule has 0 atom stereocenters. The lowest BCUT2D eigenvalue weighted by Gasteiger charge is -2.07. The van der Waals surface area contributed by atoms with Crippen molar-refractivity contribution in [2.24, 2.45) is 5.41 Å². The first kappa shape index (κ1) is 9.04. The van der Waals surface area contributed by atoms with Crippen molar-refractivity contribution >= 4 is 38.9 Å². The Kier molecular flexibility index (Phi) is 2.50. The van der Waals surface area contributed by atoms with Crippen molar-refractivity contribution in [3.05, 3.63) is 21.3 Å². The Bertz CT molecular complexity index is 278. The minimum Gasteiger partial charge on any atom is -0.128 e. The fraction of sp³-hybridized carbons (Fsp3) is 0.556. The number of thiophene rings is 1. The van der Waals surface area contributed by atoms with Crippen molar-refractivity contribution in [3.63, 3.8) is 0 Å². The summed E-state index contributed by atoms with van der Waals surface area (Å²) >= 11 is 11.1. The zero-order chi connectivity index (χ0) is 8.60. The molecule has 0 saturated heterocycles. The molecule has 1 aliphatic rings. The summed E-state index contributed by atoms with van der Waals surface area (Å²) < 4.78 is 0.912. The summed E-state index contributed by atoms with van der Waals surface area (Å²) in [4.78, 5) is 1.43. The van der Waals surface area contributed by atoms with Gasteiger partial charge in [0.25, 0.3) is 0 Å². The number of hydrogen-bond donors (Lipinski definition) is 0. The summed E-state index contributed by atoms with van der Waals surface area (Å²) in [5, 5.41) is 1.13. The zero-order valence-corrected chi connectivity index (χ0v) is 9.81. The maximum atomic E-state index is 5.86. The first-order valence-corrected chi connectivity index (χ1v) is 6.36. The molecule has 0 spiro atoms. The molecule has 1 fully saturated rings. The van der Waals surface area contributed by atoms with Gasteiger partial charge in [-0.1, -0.05) is 27.5 Å². The van der Waals surface area contributed by atoms with E-state index in [0.717, 1.165) is 9.67 Å². The van der Waals surface area contributed by atoms with Crippen molar-refractivity contribution in [2.75, 3.05) is 5.33 Å². The minimum atomic E-state index is 0.578. The lowest BCUT2D eigenvalue weighted by Crippen LogP contribution is -2.04. The summed E-state index contributed by atoms with van der Waals surface area (Å²) in [6.45, 7) is 0. The molecule has 1 aromatic rings. The topological polar surface area (TPSA) is 0 Å². The molecular formula is C9H10BrClS. The van der Waals surface area contributed by atoms with Crippen LogP contribution in [0.15, 0.2) is 12.1 Å². The Morgan fingerprint density at radius 2 is 2.25 bits per heavy atom. The average molecular weight is 266 g/mol. The van der Waals surface area contributed by atoms with Crippen LogP contribution in [0.25, 0.3) is 0 Å². The van der Waals surface area contributed by atoms with E-state index in [9.17, 15) is 0 Å². The molecule has 3 heteroatoms. The number of halogens is 2. The summed E-state index contributed by atoms with van der Waals surface area (Å²) in [6.07, 6.45) is 3.94. The van der Waals surface area contributed by atoms with Crippen LogP contribution in [0.5, 0.6) is 0 Å². The molecule has 1 aromatic heterocycles. The van der Waals surface area contributed by atoms with E-state index in [1.54, 1.807) is 11.3 Å². The van der Waals surface area contributed by atoms with E-state index in [0.29, 0.717) is 5.41 Å². The van der Waals surface area contributed by atoms with Crippen molar-refractivity contribution in [1.82, 2.24) is 0 Å². The van der Waals surface area contributed by atoms with Gasteiger partial charge in [0.2, 0.25) is 0 Å². The fourth-order valence-corrected chi connectivity index (χ4v) is 3.37. The molecule has 0 nitrogen and oxygen atoms in total. The van der Waals surface area contributed by atoms with Gasteiger partial charge >= 0.3 is 0 Å². The third kappa shape index (κ3) is 1.86. The first-order valence-electron chi connectivity index (χ1n) is 4.04. The molecule has 1 heterocycles. The Hall–Kier alpha value is 0.470. The molecule has 0 aromatic carbocycles. The molecule has 12 heavy (non-hydrogen) atoms. The van der Waals surface area contributed by atoms with Gasteiger partial charge in [0, 0.05) is 10.2 Å². The second-order valence-corrected chi connectivity index (χ2v) is 5.88. The van der Waals surface area contributed by atoms with Crippen molar-refractivity contribution in [2.45, 2.75) is 19.3 Å². The number of hydrogen-bond acceptors (Lipinski definition) is 1. The molecule has 0 bridgehead atoms. The monoisotopic (exact) mass is 264 g/mol. The molecule has 0 unspecified atom stereocenters. The van der Waals surface area contributed by atoms with Crippen molar-refractivity contribution in [1.29, 1.82) is 0 Å². The average Bonchev–Trinajstić information content (AvgIpc) is 2.71. The van der Waals surface area contributed by atoms with Gasteiger partial charge < -0.3 is 0 Å². The number of alkyl halides is 1. The van der Waals surface area contributed by atoms with Gasteiger partial charge in [-0.3, -0.25) is 0 Å². The normalized spacial score (nSPS) is 19.5. The van der Waals surface area contributed by atoms with E-state index in [1.807, 2.05) is 6.07 Å². The molecule has 0 amide bonds. The molecule has 0 radical (unpaired) electrons. The Morgan fingerprint density at radius 1 is 1.50 bits per heavy atom. The fourth-order valence-electron chi connectivity index (χ4n) is 1.35. The highest BCUT2D eigenvalue weighted by Gasteiger charge is 2.41. The van der Waals surface area contributed by atoms with Crippen LogP contribution in [0.2, 0.25) is 4.34 Å². The van der Waals surface area contributed by atoms with E-state index in [1.165, 1.54) is 24.1 Å². The standard InChI is InChI=1S/C9H10BrClS/c10-6-9(3-4-9)5-7-1-2-8(11)12-7/h1-2H,3-6H2. The minimum absolute atomic E-state index is 0.578. The van der Waals surface area contributed by atoms with Crippen LogP contribution in [0, 0.1) is 5.41 Å². The zero-order valence-electron chi connectivity index (χ0n) is 6.65. The van der Waals surface area contributed by atoms with Gasteiger partial charge in [0.05, 0.1) is 4.34 Å². The van der Waals surface area contributed by atoms with Gasteiger partial charge in [-0.05, 0) is 36.8 Å². The SMILES string of the molecule is Clc1ccc(CC2(CBr)CC2)s1. The second kappa shape index (κ2) is 3.32. The second-order valence-electron chi connectivity index (χ2n) is 3.52. The maximum Gasteiger partial charge on any atom is 0.0931 e. The van der Waals surface area contributed by atoms with Crippen LogP contribution >= 0.6 is 38.9 Å². The van der Waals surface area contributed by atoms with Crippen LogP contribution in [-0.2, 0) is 6.42 Å². The first-order chi connectivity index (χ1) is 5.74. The summed E-state index contributed by atoms with van der Waals surface area (Å²) in [5.74, 6) is 0. The highest BCUT2D eigenvalue weighted by atomic mass is 79.9. The van der Waals surface area contributed by atoms with Crippen molar-refractivity contribution in [3.8, 4) is 0 Å². The third-order valence-corrected chi connectivity index (χ3v) is 4.84. The van der Waals surface area contributed by atoms with Crippen LogP contribution < -0.4 is 0 Å². The molecule has 0 N–H and O–H groups in total. The molecule has 0 aliphatic heterocycles. The molecule has 2 rings (SSSR count). The summed E-state index contributed by atoms with van der Waals surface area (Å²) in [6, 6.07) is 4.14. The van der Waals surface area contributed by atoms with Crippen LogP contribution in [0.3, 0.4) is 0 Å². The Morgan fingerprint density at radius 3 is 2.67 bits per heavy atom. The Labute approximate surface area is 90.1 Å². The van der Waals surface area contributed by atoms with Gasteiger partial charge in [0.1, 0.15) is 0 Å². The molecule has 66 valence electrons. The van der Waals surface area contributed by atoms with Crippen LogP contribution in [0.1, 0.15) is 17.7 Å². The predicted molar refractivity (Wildman–Crippen MR) is 58.5 cm³/mol. The molecule has 1 aliphatic carbocycles. The lowest BCUT2D eigenvalue weighted by molar-refractivity contribution is 0.592. The largest absolute Gasteiger partial charge is 0.128 e. The van der Waals surface area contributed by atoms with Gasteiger partial charge in [-0.15, -0.1) is 11.3 Å². The van der Waals surface area contributed by atoms with Gasteiger partial charge in [-0.2, -0.15) is 0 Å². The summed E-state index contributed by atoms with van der Waals surface area (Å²) in [5.41, 5.74) is 0.578. The highest BCUT2D eigenvalue weighted by molar-refractivity contribution is 9.09. The molecular weight excluding hydrogens is 256 g/mol. The highest BCUT2D eigenvalue weighted by Crippen LogP contribution is 2.50. The lowest BCUT2D eigenvalue weighted by atomic mass is 10.1.